The predicted octanol–water partition coefficient (Wildman–Crippen LogP) is 1.92. The summed E-state index contributed by atoms with van der Waals surface area (Å²) in [7, 11) is 1.63. The summed E-state index contributed by atoms with van der Waals surface area (Å²) in [5, 5.41) is 0. The number of rotatable bonds is 4. The zero-order chi connectivity index (χ0) is 16.7. The van der Waals surface area contributed by atoms with Crippen molar-refractivity contribution in [3.8, 4) is 5.75 Å². The van der Waals surface area contributed by atoms with Gasteiger partial charge in [-0.25, -0.2) is 0 Å². The van der Waals surface area contributed by atoms with Crippen LogP contribution in [-0.2, 0) is 9.47 Å². The standard InChI is InChI=1S/C19H23NO4/c1-13-16-7-8-17(24-16)19(13,20-9-11-23-12-10-20)18(21)14-3-5-15(22-2)6-4-14/h3-8,13,16-17H,9-12H2,1-2H3. The lowest BCUT2D eigenvalue weighted by molar-refractivity contribution is -0.0377. The average Bonchev–Trinajstić information content (AvgIpc) is 3.23. The first kappa shape index (κ1) is 15.8. The summed E-state index contributed by atoms with van der Waals surface area (Å²) < 4.78 is 16.8. The Labute approximate surface area is 142 Å². The van der Waals surface area contributed by atoms with Crippen LogP contribution in [0.5, 0.6) is 5.75 Å². The van der Waals surface area contributed by atoms with Gasteiger partial charge in [-0.15, -0.1) is 0 Å². The fourth-order valence-corrected chi connectivity index (χ4v) is 4.37. The maximum Gasteiger partial charge on any atom is 0.186 e. The third kappa shape index (κ3) is 2.15. The van der Waals surface area contributed by atoms with Gasteiger partial charge in [-0.2, -0.15) is 0 Å². The van der Waals surface area contributed by atoms with E-state index in [9.17, 15) is 4.79 Å². The SMILES string of the molecule is COc1ccc(C(=O)C2(N3CCOCC3)C3C=CC(O3)C2C)cc1. The van der Waals surface area contributed by atoms with E-state index in [0.29, 0.717) is 18.8 Å². The van der Waals surface area contributed by atoms with Crippen molar-refractivity contribution in [3.63, 3.8) is 0 Å². The van der Waals surface area contributed by atoms with Gasteiger partial charge in [-0.3, -0.25) is 9.69 Å². The van der Waals surface area contributed by atoms with Gasteiger partial charge in [0.2, 0.25) is 0 Å². The highest BCUT2D eigenvalue weighted by atomic mass is 16.5. The van der Waals surface area contributed by atoms with Crippen molar-refractivity contribution < 1.29 is 19.0 Å². The minimum Gasteiger partial charge on any atom is -0.497 e. The molecule has 0 aromatic heterocycles. The maximum absolute atomic E-state index is 13.6. The molecule has 2 saturated heterocycles. The second kappa shape index (κ2) is 5.99. The van der Waals surface area contributed by atoms with Crippen LogP contribution in [0.4, 0.5) is 0 Å². The number of ketones is 1. The number of carbonyl (C=O) groups excluding carboxylic acids is 1. The molecule has 5 nitrogen and oxygen atoms in total. The second-order valence-corrected chi connectivity index (χ2v) is 6.68. The van der Waals surface area contributed by atoms with Gasteiger partial charge in [-0.05, 0) is 24.3 Å². The third-order valence-corrected chi connectivity index (χ3v) is 5.65. The van der Waals surface area contributed by atoms with E-state index in [1.54, 1.807) is 7.11 Å². The number of fused-ring (bicyclic) bond motifs is 2. The summed E-state index contributed by atoms with van der Waals surface area (Å²) in [6.45, 7) is 4.96. The smallest absolute Gasteiger partial charge is 0.186 e. The van der Waals surface area contributed by atoms with Crippen LogP contribution in [0.2, 0.25) is 0 Å². The highest BCUT2D eigenvalue weighted by molar-refractivity contribution is 6.05. The van der Waals surface area contributed by atoms with E-state index in [2.05, 4.69) is 24.0 Å². The summed E-state index contributed by atoms with van der Waals surface area (Å²) in [5.41, 5.74) is 0.0660. The first-order valence-corrected chi connectivity index (χ1v) is 8.53. The molecule has 1 aromatic carbocycles. The molecule has 3 aliphatic heterocycles. The number of Topliss-reactive ketones (excluding diaryl/α,β-unsaturated/α-hetero) is 1. The number of carbonyl (C=O) groups is 1. The number of hydrogen-bond acceptors (Lipinski definition) is 5. The van der Waals surface area contributed by atoms with Gasteiger partial charge in [0.15, 0.2) is 5.78 Å². The van der Waals surface area contributed by atoms with Gasteiger partial charge in [0.1, 0.15) is 17.4 Å². The van der Waals surface area contributed by atoms with E-state index in [1.807, 2.05) is 24.3 Å². The van der Waals surface area contributed by atoms with Crippen LogP contribution in [0.15, 0.2) is 36.4 Å². The lowest BCUT2D eigenvalue weighted by Gasteiger charge is -2.47. The fraction of sp³-hybridized carbons (Fsp3) is 0.526. The van der Waals surface area contributed by atoms with Crippen LogP contribution >= 0.6 is 0 Å². The van der Waals surface area contributed by atoms with Gasteiger partial charge in [-0.1, -0.05) is 19.1 Å². The van der Waals surface area contributed by atoms with E-state index in [4.69, 9.17) is 14.2 Å². The zero-order valence-electron chi connectivity index (χ0n) is 14.1. The molecule has 0 N–H and O–H groups in total. The van der Waals surface area contributed by atoms with Gasteiger partial charge in [0.25, 0.3) is 0 Å². The number of morpholine rings is 1. The summed E-state index contributed by atoms with van der Waals surface area (Å²) >= 11 is 0. The average molecular weight is 329 g/mol. The Kier molecular flexibility index (Phi) is 3.95. The molecule has 0 amide bonds. The Balaban J connectivity index is 1.75. The first-order chi connectivity index (χ1) is 11.7. The van der Waals surface area contributed by atoms with Crippen molar-refractivity contribution in [2.45, 2.75) is 24.7 Å². The molecule has 0 radical (unpaired) electrons. The molecule has 2 fully saturated rings. The highest BCUT2D eigenvalue weighted by Crippen LogP contribution is 2.47. The molecule has 3 aliphatic rings. The summed E-state index contributed by atoms with van der Waals surface area (Å²) in [4.78, 5) is 15.9. The second-order valence-electron chi connectivity index (χ2n) is 6.68. The molecule has 4 rings (SSSR count). The molecule has 0 spiro atoms. The minimum absolute atomic E-state index is 0.0139. The van der Waals surface area contributed by atoms with Crippen LogP contribution in [0.3, 0.4) is 0 Å². The maximum atomic E-state index is 13.6. The molecule has 4 atom stereocenters. The molecular weight excluding hydrogens is 306 g/mol. The molecule has 4 unspecified atom stereocenters. The van der Waals surface area contributed by atoms with Crippen molar-refractivity contribution in [2.75, 3.05) is 33.4 Å². The monoisotopic (exact) mass is 329 g/mol. The number of hydrogen-bond donors (Lipinski definition) is 0. The van der Waals surface area contributed by atoms with Gasteiger partial charge in [0, 0.05) is 24.6 Å². The van der Waals surface area contributed by atoms with Crippen LogP contribution in [0.1, 0.15) is 17.3 Å². The molecule has 1 aromatic rings. The van der Waals surface area contributed by atoms with E-state index >= 15 is 0 Å². The molecule has 0 saturated carbocycles. The van der Waals surface area contributed by atoms with Gasteiger partial charge in [0.05, 0.1) is 26.4 Å². The summed E-state index contributed by atoms with van der Waals surface area (Å²) in [5.74, 6) is 1.00. The Bertz CT molecular complexity index is 650. The lowest BCUT2D eigenvalue weighted by Crippen LogP contribution is -2.65. The number of methoxy groups -OCH3 is 1. The summed E-state index contributed by atoms with van der Waals surface area (Å²) in [6.07, 6.45) is 3.97. The predicted molar refractivity (Wildman–Crippen MR) is 89.4 cm³/mol. The normalized spacial score (nSPS) is 35.3. The molecule has 128 valence electrons. The molecule has 24 heavy (non-hydrogen) atoms. The Hall–Kier alpha value is -1.69. The van der Waals surface area contributed by atoms with Gasteiger partial charge >= 0.3 is 0 Å². The van der Waals surface area contributed by atoms with Crippen LogP contribution in [0.25, 0.3) is 0 Å². The molecular formula is C19H23NO4. The van der Waals surface area contributed by atoms with Crippen LogP contribution in [0, 0.1) is 5.92 Å². The van der Waals surface area contributed by atoms with Crippen molar-refractivity contribution in [3.05, 3.63) is 42.0 Å². The number of benzene rings is 1. The van der Waals surface area contributed by atoms with Crippen LogP contribution in [-0.4, -0.2) is 61.8 Å². The largest absolute Gasteiger partial charge is 0.497 e. The number of nitrogens with zero attached hydrogens (tertiary/aromatic N) is 1. The van der Waals surface area contributed by atoms with E-state index < -0.39 is 5.54 Å². The van der Waals surface area contributed by atoms with Crippen molar-refractivity contribution in [2.24, 2.45) is 5.92 Å². The van der Waals surface area contributed by atoms with Crippen LogP contribution < -0.4 is 4.74 Å². The minimum atomic E-state index is -0.641. The van der Waals surface area contributed by atoms with Crippen molar-refractivity contribution in [1.82, 2.24) is 4.90 Å². The first-order valence-electron chi connectivity index (χ1n) is 8.53. The zero-order valence-corrected chi connectivity index (χ0v) is 14.1. The van der Waals surface area contributed by atoms with Crippen molar-refractivity contribution in [1.29, 1.82) is 0 Å². The molecule has 3 heterocycles. The quantitative estimate of drug-likeness (QED) is 0.624. The Morgan fingerprint density at radius 2 is 1.92 bits per heavy atom. The van der Waals surface area contributed by atoms with E-state index in [-0.39, 0.29) is 23.9 Å². The lowest BCUT2D eigenvalue weighted by atomic mass is 9.70. The molecule has 2 bridgehead atoms. The molecule has 0 aliphatic carbocycles. The Morgan fingerprint density at radius 3 is 2.50 bits per heavy atom. The van der Waals surface area contributed by atoms with Crippen molar-refractivity contribution >= 4 is 5.78 Å². The van der Waals surface area contributed by atoms with E-state index in [1.165, 1.54) is 0 Å². The third-order valence-electron chi connectivity index (χ3n) is 5.65. The van der Waals surface area contributed by atoms with Gasteiger partial charge < -0.3 is 14.2 Å². The fourth-order valence-electron chi connectivity index (χ4n) is 4.37. The number of ether oxygens (including phenoxy) is 3. The van der Waals surface area contributed by atoms with E-state index in [0.717, 1.165) is 18.8 Å². The highest BCUT2D eigenvalue weighted by Gasteiger charge is 2.62. The topological polar surface area (TPSA) is 48.0 Å². The molecule has 5 heteroatoms. The summed E-state index contributed by atoms with van der Waals surface area (Å²) in [6, 6.07) is 7.39. The Morgan fingerprint density at radius 1 is 1.21 bits per heavy atom.